The maximum Gasteiger partial charge on any atom is 0.219 e. The van der Waals surface area contributed by atoms with Gasteiger partial charge in [0.2, 0.25) is 5.82 Å². The molecule has 0 bridgehead atoms. The van der Waals surface area contributed by atoms with Gasteiger partial charge in [0.1, 0.15) is 6.07 Å². The molecule has 0 aliphatic carbocycles. The molecule has 2 aromatic rings. The normalized spacial score (nSPS) is 14.0. The predicted molar refractivity (Wildman–Crippen MR) is 116 cm³/mol. The van der Waals surface area contributed by atoms with Gasteiger partial charge in [-0.25, -0.2) is 9.97 Å². The zero-order valence-corrected chi connectivity index (χ0v) is 17.9. The fraction of sp³-hybridized carbons (Fsp3) is 0.476. The second-order valence-corrected chi connectivity index (χ2v) is 6.76. The molecule has 1 saturated heterocycles. The minimum atomic E-state index is 0.229. The monoisotopic (exact) mass is 425 g/mol. The number of ether oxygens (including phenoxy) is 3. The van der Waals surface area contributed by atoms with Crippen molar-refractivity contribution in [2.45, 2.75) is 0 Å². The fourth-order valence-corrected chi connectivity index (χ4v) is 3.09. The van der Waals surface area contributed by atoms with E-state index in [1.54, 1.807) is 14.2 Å². The number of nitrogens with zero attached hydrogens (tertiary/aromatic N) is 7. The Bertz CT molecular complexity index is 888. The number of benzene rings is 1. The summed E-state index contributed by atoms with van der Waals surface area (Å²) in [5, 5.41) is 18.5. The highest BCUT2D eigenvalue weighted by Gasteiger charge is 2.23. The first kappa shape index (κ1) is 22.6. The van der Waals surface area contributed by atoms with E-state index in [1.807, 2.05) is 40.1 Å². The molecule has 1 fully saturated rings. The zero-order valence-electron chi connectivity index (χ0n) is 17.9. The minimum Gasteiger partial charge on any atom is -0.383 e. The van der Waals surface area contributed by atoms with Crippen molar-refractivity contribution in [3.05, 3.63) is 36.0 Å². The molecule has 0 unspecified atom stereocenters. The molecule has 1 aliphatic heterocycles. The molecule has 0 saturated carbocycles. The van der Waals surface area contributed by atoms with E-state index in [2.05, 4.69) is 21.3 Å². The van der Waals surface area contributed by atoms with Crippen molar-refractivity contribution in [1.29, 1.82) is 5.26 Å². The van der Waals surface area contributed by atoms with Crippen LogP contribution in [0.3, 0.4) is 0 Å². The quantitative estimate of drug-likeness (QED) is 0.535. The minimum absolute atomic E-state index is 0.229. The molecular formula is C21H27N7O3. The van der Waals surface area contributed by atoms with Gasteiger partial charge >= 0.3 is 0 Å². The van der Waals surface area contributed by atoms with Gasteiger partial charge in [-0.15, -0.1) is 10.2 Å². The van der Waals surface area contributed by atoms with Gasteiger partial charge in [-0.2, -0.15) is 5.26 Å². The summed E-state index contributed by atoms with van der Waals surface area (Å²) in [7, 11) is 3.26. The summed E-state index contributed by atoms with van der Waals surface area (Å²) in [6.45, 7) is 4.46. The molecule has 0 amide bonds. The SMILES string of the molecule is COCCN(CCOC)c1nc(N=Nc2ccccc2)c(N2CCOCC2)nc1C#N. The number of azo groups is 1. The molecule has 164 valence electrons. The summed E-state index contributed by atoms with van der Waals surface area (Å²) in [5.74, 6) is 1.33. The van der Waals surface area contributed by atoms with Gasteiger partial charge in [-0.05, 0) is 12.1 Å². The average molecular weight is 425 g/mol. The third-order valence-electron chi connectivity index (χ3n) is 4.70. The fourth-order valence-electron chi connectivity index (χ4n) is 3.09. The number of morpholine rings is 1. The van der Waals surface area contributed by atoms with E-state index in [0.29, 0.717) is 75.7 Å². The molecule has 10 nitrogen and oxygen atoms in total. The van der Waals surface area contributed by atoms with Crippen LogP contribution in [0.1, 0.15) is 5.69 Å². The van der Waals surface area contributed by atoms with Crippen molar-refractivity contribution in [3.63, 3.8) is 0 Å². The van der Waals surface area contributed by atoms with Crippen molar-refractivity contribution in [3.8, 4) is 6.07 Å². The second kappa shape index (κ2) is 11.9. The summed E-state index contributed by atoms with van der Waals surface area (Å²) >= 11 is 0. The number of rotatable bonds is 10. The molecular weight excluding hydrogens is 398 g/mol. The Morgan fingerprint density at radius 1 is 1.06 bits per heavy atom. The zero-order chi connectivity index (χ0) is 21.9. The lowest BCUT2D eigenvalue weighted by Gasteiger charge is -2.29. The van der Waals surface area contributed by atoms with Crippen molar-refractivity contribution in [2.24, 2.45) is 10.2 Å². The molecule has 1 aromatic carbocycles. The van der Waals surface area contributed by atoms with Crippen LogP contribution in [0.2, 0.25) is 0 Å². The van der Waals surface area contributed by atoms with Crippen LogP contribution in [0.5, 0.6) is 0 Å². The Hall–Kier alpha value is -3.13. The summed E-state index contributed by atoms with van der Waals surface area (Å²) in [4.78, 5) is 13.3. The van der Waals surface area contributed by atoms with Crippen LogP contribution in [0.25, 0.3) is 0 Å². The number of hydrogen-bond donors (Lipinski definition) is 0. The number of hydrogen-bond acceptors (Lipinski definition) is 10. The highest BCUT2D eigenvalue weighted by Crippen LogP contribution is 2.31. The molecule has 0 spiro atoms. The third kappa shape index (κ3) is 6.18. The van der Waals surface area contributed by atoms with Gasteiger partial charge in [0.05, 0.1) is 32.1 Å². The largest absolute Gasteiger partial charge is 0.383 e. The molecule has 1 aliphatic rings. The molecule has 0 atom stereocenters. The first-order chi connectivity index (χ1) is 15.3. The van der Waals surface area contributed by atoms with Crippen molar-refractivity contribution < 1.29 is 14.2 Å². The Morgan fingerprint density at radius 3 is 2.35 bits per heavy atom. The van der Waals surface area contributed by atoms with Crippen LogP contribution in [-0.4, -0.2) is 76.8 Å². The van der Waals surface area contributed by atoms with Gasteiger partial charge in [0.25, 0.3) is 0 Å². The number of nitriles is 1. The van der Waals surface area contributed by atoms with Crippen molar-refractivity contribution in [2.75, 3.05) is 76.6 Å². The van der Waals surface area contributed by atoms with Gasteiger partial charge in [-0.1, -0.05) is 18.2 Å². The first-order valence-corrected chi connectivity index (χ1v) is 10.1. The van der Waals surface area contributed by atoms with Gasteiger partial charge in [0, 0.05) is 40.4 Å². The van der Waals surface area contributed by atoms with E-state index in [1.165, 1.54) is 0 Å². The van der Waals surface area contributed by atoms with Gasteiger partial charge in [0.15, 0.2) is 17.3 Å². The summed E-state index contributed by atoms with van der Waals surface area (Å²) in [5.41, 5.74) is 0.936. The van der Waals surface area contributed by atoms with Crippen LogP contribution < -0.4 is 9.80 Å². The molecule has 0 radical (unpaired) electrons. The van der Waals surface area contributed by atoms with E-state index in [-0.39, 0.29) is 5.69 Å². The highest BCUT2D eigenvalue weighted by molar-refractivity contribution is 5.65. The number of aromatic nitrogens is 2. The Morgan fingerprint density at radius 2 is 1.74 bits per heavy atom. The van der Waals surface area contributed by atoms with E-state index in [0.717, 1.165) is 0 Å². The van der Waals surface area contributed by atoms with E-state index in [9.17, 15) is 5.26 Å². The van der Waals surface area contributed by atoms with Gasteiger partial charge < -0.3 is 24.0 Å². The lowest BCUT2D eigenvalue weighted by Crippen LogP contribution is -2.37. The maximum atomic E-state index is 9.80. The Balaban J connectivity index is 2.04. The smallest absolute Gasteiger partial charge is 0.219 e. The van der Waals surface area contributed by atoms with Crippen LogP contribution in [0.4, 0.5) is 23.1 Å². The second-order valence-electron chi connectivity index (χ2n) is 6.76. The van der Waals surface area contributed by atoms with E-state index in [4.69, 9.17) is 19.2 Å². The topological polar surface area (TPSA) is 108 Å². The number of anilines is 2. The molecule has 2 heterocycles. The van der Waals surface area contributed by atoms with Crippen molar-refractivity contribution >= 4 is 23.1 Å². The van der Waals surface area contributed by atoms with Crippen LogP contribution in [-0.2, 0) is 14.2 Å². The van der Waals surface area contributed by atoms with E-state index >= 15 is 0 Å². The third-order valence-corrected chi connectivity index (χ3v) is 4.70. The number of methoxy groups -OCH3 is 2. The summed E-state index contributed by atoms with van der Waals surface area (Å²) in [6, 6.07) is 11.6. The molecule has 31 heavy (non-hydrogen) atoms. The summed E-state index contributed by atoms with van der Waals surface area (Å²) < 4.78 is 15.9. The van der Waals surface area contributed by atoms with Gasteiger partial charge in [-0.3, -0.25) is 0 Å². The lowest BCUT2D eigenvalue weighted by atomic mass is 10.3. The molecule has 3 rings (SSSR count). The summed E-state index contributed by atoms with van der Waals surface area (Å²) in [6.07, 6.45) is 0. The maximum absolute atomic E-state index is 9.80. The molecule has 1 aromatic heterocycles. The predicted octanol–water partition coefficient (Wildman–Crippen LogP) is 2.70. The Kier molecular flexibility index (Phi) is 8.66. The lowest BCUT2D eigenvalue weighted by molar-refractivity contribution is 0.122. The van der Waals surface area contributed by atoms with Crippen molar-refractivity contribution in [1.82, 2.24) is 9.97 Å². The van der Waals surface area contributed by atoms with Crippen LogP contribution in [0, 0.1) is 11.3 Å². The molecule has 0 N–H and O–H groups in total. The van der Waals surface area contributed by atoms with E-state index < -0.39 is 0 Å². The average Bonchev–Trinajstić information content (AvgIpc) is 2.83. The first-order valence-electron chi connectivity index (χ1n) is 10.1. The Labute approximate surface area is 182 Å². The standard InChI is InChI=1S/C21H27N7O3/c1-29-12-8-27(9-13-30-2)20-18(16-22)23-21(28-10-14-31-15-11-28)19(24-20)26-25-17-6-4-3-5-7-17/h3-7H,8-15H2,1-2H3. The highest BCUT2D eigenvalue weighted by atomic mass is 16.5. The van der Waals surface area contributed by atoms with Crippen LogP contribution in [0.15, 0.2) is 40.6 Å². The van der Waals surface area contributed by atoms with Crippen LogP contribution >= 0.6 is 0 Å². The molecule has 10 heteroatoms.